The van der Waals surface area contributed by atoms with Crippen LogP contribution in [-0.4, -0.2) is 40.6 Å². The first-order chi connectivity index (χ1) is 7.77. The van der Waals surface area contributed by atoms with E-state index in [0.29, 0.717) is 5.56 Å². The maximum atomic E-state index is 11.1. The van der Waals surface area contributed by atoms with Gasteiger partial charge in [0.15, 0.2) is 0 Å². The summed E-state index contributed by atoms with van der Waals surface area (Å²) in [5, 5.41) is 9.13. The number of fused-ring (bicyclic) bond motifs is 3. The smallest absolute Gasteiger partial charge is 0.335 e. The van der Waals surface area contributed by atoms with Crippen molar-refractivity contribution in [3.05, 3.63) is 59.2 Å². The van der Waals surface area contributed by atoms with Crippen LogP contribution < -0.4 is 0 Å². The van der Waals surface area contributed by atoms with Crippen LogP contribution in [0.5, 0.6) is 0 Å². The second-order valence-corrected chi connectivity index (χ2v) is 3.97. The Bertz CT molecular complexity index is 591. The summed E-state index contributed by atoms with van der Waals surface area (Å²) in [6.07, 6.45) is 0.730. The molecule has 1 aliphatic rings. The van der Waals surface area contributed by atoms with Gasteiger partial charge in [-0.3, -0.25) is 0 Å². The summed E-state index contributed by atoms with van der Waals surface area (Å²) in [4.78, 5) is 11.1. The molecule has 0 saturated heterocycles. The molecule has 2 aromatic carbocycles. The van der Waals surface area contributed by atoms with Crippen LogP contribution in [-0.2, 0) is 6.42 Å². The summed E-state index contributed by atoms with van der Waals surface area (Å²) in [6, 6.07) is 13.6. The summed E-state index contributed by atoms with van der Waals surface area (Å²) >= 11 is 0. The zero-order valence-electron chi connectivity index (χ0n) is 9.60. The molecule has 0 fully saturated rings. The Labute approximate surface area is 122 Å². The number of carbonyl (C=O) groups is 1. The van der Waals surface area contributed by atoms with Crippen LogP contribution in [0.4, 0.5) is 0 Å². The van der Waals surface area contributed by atoms with Crippen molar-refractivity contribution in [3.63, 3.8) is 0 Å². The topological polar surface area (TPSA) is 37.3 Å². The van der Waals surface area contributed by atoms with Gasteiger partial charge in [-0.25, -0.2) is 4.79 Å². The van der Waals surface area contributed by atoms with Gasteiger partial charge in [-0.05, 0) is 34.7 Å². The van der Waals surface area contributed by atoms with Crippen LogP contribution in [0, 0.1) is 0 Å². The Balaban J connectivity index is 0.00000108. The minimum atomic E-state index is -0.843. The molecule has 0 heterocycles. The summed E-state index contributed by atoms with van der Waals surface area (Å²) in [5.74, 6) is -0.843. The third kappa shape index (κ3) is 1.93. The van der Waals surface area contributed by atoms with Gasteiger partial charge in [-0.1, -0.05) is 36.4 Å². The fourth-order valence-electron chi connectivity index (χ4n) is 2.36. The third-order valence-corrected chi connectivity index (χ3v) is 3.08. The molecule has 1 N–H and O–H groups in total. The first kappa shape index (κ1) is 12.4. The van der Waals surface area contributed by atoms with Crippen molar-refractivity contribution in [2.45, 2.75) is 6.42 Å². The van der Waals surface area contributed by atoms with Gasteiger partial charge in [0, 0.05) is 29.6 Å². The number of hydrogen-bond acceptors (Lipinski definition) is 1. The Morgan fingerprint density at radius 2 is 1.71 bits per heavy atom. The van der Waals surface area contributed by atoms with E-state index in [-0.39, 0.29) is 29.6 Å². The molecule has 2 nitrogen and oxygen atoms in total. The fourth-order valence-corrected chi connectivity index (χ4v) is 2.36. The quantitative estimate of drug-likeness (QED) is 0.656. The summed E-state index contributed by atoms with van der Waals surface area (Å²) in [5.41, 5.74) is 4.81. The van der Waals surface area contributed by atoms with Gasteiger partial charge in [0.2, 0.25) is 0 Å². The van der Waals surface area contributed by atoms with E-state index in [9.17, 15) is 4.79 Å². The van der Waals surface area contributed by atoms with Crippen LogP contribution in [0.15, 0.2) is 42.5 Å². The minimum Gasteiger partial charge on any atom is -0.478 e. The first-order valence-corrected chi connectivity index (χ1v) is 5.21. The van der Waals surface area contributed by atoms with Crippen LogP contribution in [0.25, 0.3) is 11.1 Å². The van der Waals surface area contributed by atoms with Crippen molar-refractivity contribution >= 4 is 35.5 Å². The van der Waals surface area contributed by atoms with Gasteiger partial charge in [-0.2, -0.15) is 0 Å². The summed E-state index contributed by atoms with van der Waals surface area (Å²) in [7, 11) is 0. The molecular weight excluding hydrogens is 223 g/mol. The third-order valence-electron chi connectivity index (χ3n) is 3.08. The average Bonchev–Trinajstić information content (AvgIpc) is 2.67. The Morgan fingerprint density at radius 1 is 1.00 bits per heavy atom. The van der Waals surface area contributed by atoms with E-state index in [4.69, 9.17) is 5.11 Å². The van der Waals surface area contributed by atoms with Crippen molar-refractivity contribution in [3.8, 4) is 11.1 Å². The van der Waals surface area contributed by atoms with Crippen LogP contribution in [0.2, 0.25) is 0 Å². The minimum absolute atomic E-state index is 0. The molecule has 0 spiro atoms. The van der Waals surface area contributed by atoms with E-state index in [0.717, 1.165) is 17.5 Å². The second kappa shape index (κ2) is 4.65. The van der Waals surface area contributed by atoms with E-state index >= 15 is 0 Å². The summed E-state index contributed by atoms with van der Waals surface area (Å²) < 4.78 is 0. The number of aromatic carboxylic acids is 1. The molecule has 3 rings (SSSR count). The molecular formula is C14H10NaO2. The van der Waals surface area contributed by atoms with Crippen LogP contribution in [0.1, 0.15) is 21.5 Å². The number of benzene rings is 2. The number of carboxylic acids is 1. The van der Waals surface area contributed by atoms with Crippen molar-refractivity contribution in [2.24, 2.45) is 0 Å². The molecule has 0 atom stereocenters. The van der Waals surface area contributed by atoms with Gasteiger partial charge in [0.05, 0.1) is 5.56 Å². The Hall–Kier alpha value is -1.09. The molecule has 3 heteroatoms. The van der Waals surface area contributed by atoms with Crippen molar-refractivity contribution < 1.29 is 9.90 Å². The van der Waals surface area contributed by atoms with Crippen LogP contribution >= 0.6 is 0 Å². The first-order valence-electron chi connectivity index (χ1n) is 5.21. The maximum absolute atomic E-state index is 11.1. The Morgan fingerprint density at radius 3 is 2.47 bits per heavy atom. The van der Waals surface area contributed by atoms with Gasteiger partial charge >= 0.3 is 5.97 Å². The van der Waals surface area contributed by atoms with E-state index in [1.807, 2.05) is 30.3 Å². The molecule has 0 saturated carbocycles. The van der Waals surface area contributed by atoms with Crippen molar-refractivity contribution in [2.75, 3.05) is 0 Å². The predicted molar refractivity (Wildman–Crippen MR) is 67.4 cm³/mol. The normalized spacial score (nSPS) is 11.3. The largest absolute Gasteiger partial charge is 0.478 e. The van der Waals surface area contributed by atoms with E-state index < -0.39 is 5.97 Å². The monoisotopic (exact) mass is 233 g/mol. The average molecular weight is 233 g/mol. The fraction of sp³-hybridized carbons (Fsp3) is 0.0714. The molecule has 17 heavy (non-hydrogen) atoms. The molecule has 0 aliphatic heterocycles. The standard InChI is InChI=1S/C14H10O2.Na/c15-14(16)12-7-3-6-11-10-5-2-1-4-9(10)8-13(11)12;/h1-7H,8H2,(H,15,16);. The van der Waals surface area contributed by atoms with Crippen molar-refractivity contribution in [1.82, 2.24) is 0 Å². The summed E-state index contributed by atoms with van der Waals surface area (Å²) in [6.45, 7) is 0. The molecule has 1 aliphatic carbocycles. The molecule has 0 amide bonds. The predicted octanol–water partition coefficient (Wildman–Crippen LogP) is 2.58. The molecule has 79 valence electrons. The van der Waals surface area contributed by atoms with Gasteiger partial charge in [-0.15, -0.1) is 0 Å². The van der Waals surface area contributed by atoms with Gasteiger partial charge < -0.3 is 5.11 Å². The number of hydrogen-bond donors (Lipinski definition) is 1. The number of rotatable bonds is 1. The zero-order chi connectivity index (χ0) is 11.1. The Kier molecular flexibility index (Phi) is 3.38. The van der Waals surface area contributed by atoms with Crippen LogP contribution in [0.3, 0.4) is 0 Å². The van der Waals surface area contributed by atoms with E-state index in [2.05, 4.69) is 6.07 Å². The van der Waals surface area contributed by atoms with E-state index in [1.54, 1.807) is 6.07 Å². The zero-order valence-corrected chi connectivity index (χ0v) is 11.6. The molecule has 0 aromatic heterocycles. The molecule has 1 radical (unpaired) electrons. The van der Waals surface area contributed by atoms with Gasteiger partial charge in [0.25, 0.3) is 0 Å². The molecule has 2 aromatic rings. The SMILES string of the molecule is O=C(O)c1cccc2c1Cc1ccccc1-2.[Na]. The maximum Gasteiger partial charge on any atom is 0.335 e. The van der Waals surface area contributed by atoms with Gasteiger partial charge in [0.1, 0.15) is 0 Å². The second-order valence-electron chi connectivity index (χ2n) is 3.97. The number of carboxylic acid groups (broad SMARTS) is 1. The molecule has 0 bridgehead atoms. The van der Waals surface area contributed by atoms with E-state index in [1.165, 1.54) is 11.1 Å². The van der Waals surface area contributed by atoms with Crippen molar-refractivity contribution in [1.29, 1.82) is 0 Å². The molecule has 0 unspecified atom stereocenters.